The Hall–Kier alpha value is -0.620. The first-order valence-corrected chi connectivity index (χ1v) is 6.61. The van der Waals surface area contributed by atoms with Crippen LogP contribution in [-0.4, -0.2) is 37.0 Å². The van der Waals surface area contributed by atoms with Crippen LogP contribution in [0.15, 0.2) is 24.3 Å². The molecule has 2 rings (SSSR count). The maximum atomic E-state index is 12.3. The third-order valence-electron chi connectivity index (χ3n) is 2.73. The van der Waals surface area contributed by atoms with E-state index in [4.69, 9.17) is 0 Å². The number of benzene rings is 1. The first-order chi connectivity index (χ1) is 7.79. The standard InChI is InChI=1S/C12H15IN2O/c13-11-5-2-1-4-10(11)12(16)15-8-3-6-14-7-9-15/h1-2,4-5,14H,3,6-9H2. The van der Waals surface area contributed by atoms with E-state index in [9.17, 15) is 4.79 Å². The normalized spacial score (nSPS) is 16.9. The molecule has 1 N–H and O–H groups in total. The van der Waals surface area contributed by atoms with E-state index >= 15 is 0 Å². The molecule has 0 atom stereocenters. The summed E-state index contributed by atoms with van der Waals surface area (Å²) in [6.07, 6.45) is 1.04. The predicted molar refractivity (Wildman–Crippen MR) is 72.5 cm³/mol. The maximum Gasteiger partial charge on any atom is 0.254 e. The van der Waals surface area contributed by atoms with Gasteiger partial charge < -0.3 is 10.2 Å². The van der Waals surface area contributed by atoms with Gasteiger partial charge in [0.15, 0.2) is 0 Å². The van der Waals surface area contributed by atoms with E-state index in [1.54, 1.807) is 0 Å². The lowest BCUT2D eigenvalue weighted by atomic mass is 10.2. The molecule has 0 bridgehead atoms. The molecular formula is C12H15IN2O. The number of amides is 1. The third-order valence-corrected chi connectivity index (χ3v) is 3.67. The van der Waals surface area contributed by atoms with Crippen molar-refractivity contribution in [1.29, 1.82) is 0 Å². The minimum atomic E-state index is 0.161. The molecule has 1 aliphatic rings. The van der Waals surface area contributed by atoms with Crippen LogP contribution in [0.4, 0.5) is 0 Å². The number of nitrogens with zero attached hydrogens (tertiary/aromatic N) is 1. The van der Waals surface area contributed by atoms with Crippen molar-refractivity contribution in [3.8, 4) is 0 Å². The molecular weight excluding hydrogens is 315 g/mol. The van der Waals surface area contributed by atoms with E-state index in [0.717, 1.165) is 41.7 Å². The number of carbonyl (C=O) groups excluding carboxylic acids is 1. The molecule has 1 aromatic rings. The lowest BCUT2D eigenvalue weighted by Gasteiger charge is -2.20. The Balaban J connectivity index is 2.14. The smallest absolute Gasteiger partial charge is 0.254 e. The second kappa shape index (κ2) is 5.63. The third kappa shape index (κ3) is 2.74. The molecule has 86 valence electrons. The second-order valence-corrected chi connectivity index (χ2v) is 5.04. The van der Waals surface area contributed by atoms with Gasteiger partial charge in [-0.05, 0) is 47.7 Å². The first-order valence-electron chi connectivity index (χ1n) is 5.53. The summed E-state index contributed by atoms with van der Waals surface area (Å²) >= 11 is 2.22. The Morgan fingerprint density at radius 2 is 2.06 bits per heavy atom. The minimum Gasteiger partial charge on any atom is -0.337 e. The lowest BCUT2D eigenvalue weighted by molar-refractivity contribution is 0.0765. The topological polar surface area (TPSA) is 32.3 Å². The average molecular weight is 330 g/mol. The number of halogens is 1. The van der Waals surface area contributed by atoms with E-state index in [0.29, 0.717) is 0 Å². The largest absolute Gasteiger partial charge is 0.337 e. The summed E-state index contributed by atoms with van der Waals surface area (Å²) in [5.41, 5.74) is 0.824. The van der Waals surface area contributed by atoms with Crippen LogP contribution in [0.1, 0.15) is 16.8 Å². The molecule has 0 aliphatic carbocycles. The first kappa shape index (κ1) is 11.9. The van der Waals surface area contributed by atoms with Gasteiger partial charge >= 0.3 is 0 Å². The van der Waals surface area contributed by atoms with Crippen LogP contribution < -0.4 is 5.32 Å². The summed E-state index contributed by atoms with van der Waals surface area (Å²) in [6, 6.07) is 7.76. The molecule has 4 heteroatoms. The summed E-state index contributed by atoms with van der Waals surface area (Å²) in [5, 5.41) is 3.30. The van der Waals surface area contributed by atoms with Gasteiger partial charge in [0, 0.05) is 23.2 Å². The zero-order valence-corrected chi connectivity index (χ0v) is 11.2. The van der Waals surface area contributed by atoms with E-state index < -0.39 is 0 Å². The number of nitrogens with one attached hydrogen (secondary N) is 1. The molecule has 0 spiro atoms. The summed E-state index contributed by atoms with van der Waals surface area (Å²) < 4.78 is 1.03. The van der Waals surface area contributed by atoms with Crippen molar-refractivity contribution >= 4 is 28.5 Å². The number of rotatable bonds is 1. The van der Waals surface area contributed by atoms with Crippen LogP contribution in [0, 0.1) is 3.57 Å². The van der Waals surface area contributed by atoms with Crippen molar-refractivity contribution < 1.29 is 4.79 Å². The molecule has 16 heavy (non-hydrogen) atoms. The Morgan fingerprint density at radius 1 is 1.25 bits per heavy atom. The molecule has 1 aromatic carbocycles. The highest BCUT2D eigenvalue weighted by Gasteiger charge is 2.18. The SMILES string of the molecule is O=C(c1ccccc1I)N1CCCNCC1. The summed E-state index contributed by atoms with van der Waals surface area (Å²) in [7, 11) is 0. The van der Waals surface area contributed by atoms with Crippen LogP contribution in [0.3, 0.4) is 0 Å². The zero-order valence-electron chi connectivity index (χ0n) is 9.08. The Morgan fingerprint density at radius 3 is 2.88 bits per heavy atom. The van der Waals surface area contributed by atoms with Crippen LogP contribution >= 0.6 is 22.6 Å². The number of hydrogen-bond acceptors (Lipinski definition) is 2. The van der Waals surface area contributed by atoms with Crippen LogP contribution in [0.25, 0.3) is 0 Å². The van der Waals surface area contributed by atoms with Crippen molar-refractivity contribution in [2.24, 2.45) is 0 Å². The van der Waals surface area contributed by atoms with Gasteiger partial charge in [-0.3, -0.25) is 4.79 Å². The molecule has 0 radical (unpaired) electrons. The quantitative estimate of drug-likeness (QED) is 0.796. The minimum absolute atomic E-state index is 0.161. The highest BCUT2D eigenvalue weighted by Crippen LogP contribution is 2.14. The lowest BCUT2D eigenvalue weighted by Crippen LogP contribution is -2.34. The Labute approximate surface area is 109 Å². The van der Waals surface area contributed by atoms with Gasteiger partial charge in [-0.2, -0.15) is 0 Å². The molecule has 0 unspecified atom stereocenters. The summed E-state index contributed by atoms with van der Waals surface area (Å²) in [4.78, 5) is 14.2. The van der Waals surface area contributed by atoms with Crippen molar-refractivity contribution in [1.82, 2.24) is 10.2 Å². The van der Waals surface area contributed by atoms with Gasteiger partial charge in [0.05, 0.1) is 5.56 Å². The van der Waals surface area contributed by atoms with Gasteiger partial charge in [-0.15, -0.1) is 0 Å². The summed E-state index contributed by atoms with van der Waals surface area (Å²) in [6.45, 7) is 3.57. The Kier molecular flexibility index (Phi) is 4.17. The van der Waals surface area contributed by atoms with Crippen LogP contribution in [0.5, 0.6) is 0 Å². The van der Waals surface area contributed by atoms with E-state index in [1.165, 1.54) is 0 Å². The fourth-order valence-electron chi connectivity index (χ4n) is 1.85. The zero-order chi connectivity index (χ0) is 11.4. The van der Waals surface area contributed by atoms with Gasteiger partial charge in [0.2, 0.25) is 0 Å². The van der Waals surface area contributed by atoms with E-state index in [-0.39, 0.29) is 5.91 Å². The molecule has 1 saturated heterocycles. The highest BCUT2D eigenvalue weighted by molar-refractivity contribution is 14.1. The van der Waals surface area contributed by atoms with Crippen LogP contribution in [0.2, 0.25) is 0 Å². The van der Waals surface area contributed by atoms with Crippen molar-refractivity contribution in [2.75, 3.05) is 26.2 Å². The van der Waals surface area contributed by atoms with Gasteiger partial charge in [0.1, 0.15) is 0 Å². The molecule has 0 aromatic heterocycles. The van der Waals surface area contributed by atoms with Gasteiger partial charge in [0.25, 0.3) is 5.91 Å². The van der Waals surface area contributed by atoms with Gasteiger partial charge in [-0.25, -0.2) is 0 Å². The highest BCUT2D eigenvalue weighted by atomic mass is 127. The maximum absolute atomic E-state index is 12.3. The van der Waals surface area contributed by atoms with E-state index in [2.05, 4.69) is 27.9 Å². The molecule has 1 heterocycles. The molecule has 1 fully saturated rings. The van der Waals surface area contributed by atoms with Crippen molar-refractivity contribution in [2.45, 2.75) is 6.42 Å². The Bertz CT molecular complexity index is 373. The second-order valence-electron chi connectivity index (χ2n) is 3.88. The van der Waals surface area contributed by atoms with Crippen LogP contribution in [-0.2, 0) is 0 Å². The fraction of sp³-hybridized carbons (Fsp3) is 0.417. The fourth-order valence-corrected chi connectivity index (χ4v) is 2.47. The van der Waals surface area contributed by atoms with Crippen molar-refractivity contribution in [3.05, 3.63) is 33.4 Å². The predicted octanol–water partition coefficient (Wildman–Crippen LogP) is 1.73. The molecule has 3 nitrogen and oxygen atoms in total. The number of hydrogen-bond donors (Lipinski definition) is 1. The van der Waals surface area contributed by atoms with Crippen molar-refractivity contribution in [3.63, 3.8) is 0 Å². The average Bonchev–Trinajstić information content (AvgIpc) is 2.57. The molecule has 0 saturated carbocycles. The number of carbonyl (C=O) groups is 1. The summed E-state index contributed by atoms with van der Waals surface area (Å²) in [5.74, 6) is 0.161. The van der Waals surface area contributed by atoms with E-state index in [1.807, 2.05) is 29.2 Å². The molecule has 1 amide bonds. The monoisotopic (exact) mass is 330 g/mol. The molecule has 1 aliphatic heterocycles. The van der Waals surface area contributed by atoms with Gasteiger partial charge in [-0.1, -0.05) is 12.1 Å².